The molecule has 7 heteroatoms. The van der Waals surface area contributed by atoms with Crippen molar-refractivity contribution in [3.8, 4) is 17.2 Å². The van der Waals surface area contributed by atoms with Crippen molar-refractivity contribution in [2.24, 2.45) is 7.05 Å². The lowest BCUT2D eigenvalue weighted by Gasteiger charge is -2.09. The van der Waals surface area contributed by atoms with Gasteiger partial charge in [0.25, 0.3) is 5.91 Å². The van der Waals surface area contributed by atoms with Crippen molar-refractivity contribution in [3.05, 3.63) is 58.9 Å². The maximum absolute atomic E-state index is 12.3. The lowest BCUT2D eigenvalue weighted by Crippen LogP contribution is -2.23. The zero-order valence-electron chi connectivity index (χ0n) is 13.2. The van der Waals surface area contributed by atoms with E-state index in [2.05, 4.69) is 10.4 Å². The molecule has 0 unspecified atom stereocenters. The van der Waals surface area contributed by atoms with E-state index < -0.39 is 0 Å². The molecule has 0 atom stereocenters. The maximum atomic E-state index is 12.3. The molecule has 0 saturated carbocycles. The fourth-order valence-corrected chi connectivity index (χ4v) is 2.52. The zero-order chi connectivity index (χ0) is 17.1. The van der Waals surface area contributed by atoms with Crippen LogP contribution in [0.5, 0.6) is 5.75 Å². The summed E-state index contributed by atoms with van der Waals surface area (Å²) in [5.41, 5.74) is 1.24. The summed E-state index contributed by atoms with van der Waals surface area (Å²) in [5, 5.41) is 7.37. The van der Waals surface area contributed by atoms with Crippen molar-refractivity contribution in [2.45, 2.75) is 6.54 Å². The van der Waals surface area contributed by atoms with Crippen LogP contribution >= 0.6 is 11.6 Å². The average molecular weight is 346 g/mol. The number of rotatable bonds is 5. The van der Waals surface area contributed by atoms with Crippen molar-refractivity contribution < 1.29 is 13.9 Å². The summed E-state index contributed by atoms with van der Waals surface area (Å²) < 4.78 is 12.6. The summed E-state index contributed by atoms with van der Waals surface area (Å²) in [6, 6.07) is 10.4. The Labute approximate surface area is 144 Å². The number of aromatic nitrogens is 2. The molecule has 1 amide bonds. The smallest absolute Gasteiger partial charge is 0.255 e. The van der Waals surface area contributed by atoms with Crippen LogP contribution in [-0.4, -0.2) is 22.8 Å². The number of benzene rings is 1. The third-order valence-corrected chi connectivity index (χ3v) is 3.80. The highest BCUT2D eigenvalue weighted by atomic mass is 35.5. The third kappa shape index (κ3) is 3.28. The summed E-state index contributed by atoms with van der Waals surface area (Å²) in [4.78, 5) is 12.3. The molecule has 1 N–H and O–H groups in total. The van der Waals surface area contributed by atoms with Gasteiger partial charge < -0.3 is 14.5 Å². The Morgan fingerprint density at radius 1 is 1.33 bits per heavy atom. The number of hydrogen-bond donors (Lipinski definition) is 1. The molecular formula is C17H16ClN3O3. The largest absolute Gasteiger partial charge is 0.496 e. The van der Waals surface area contributed by atoms with Gasteiger partial charge in [-0.15, -0.1) is 0 Å². The number of carbonyl (C=O) groups excluding carboxylic acids is 1. The molecule has 0 saturated heterocycles. The molecule has 2 aromatic heterocycles. The second kappa shape index (κ2) is 6.80. The molecule has 0 aliphatic rings. The van der Waals surface area contributed by atoms with Crippen molar-refractivity contribution in [2.75, 3.05) is 7.11 Å². The summed E-state index contributed by atoms with van der Waals surface area (Å²) >= 11 is 5.95. The predicted octanol–water partition coefficient (Wildman–Crippen LogP) is 3.27. The van der Waals surface area contributed by atoms with Crippen molar-refractivity contribution in [1.82, 2.24) is 15.1 Å². The first-order valence-electron chi connectivity index (χ1n) is 7.27. The Balaban J connectivity index is 1.70. The van der Waals surface area contributed by atoms with E-state index in [0.717, 1.165) is 5.69 Å². The molecule has 0 fully saturated rings. The van der Waals surface area contributed by atoms with Crippen LogP contribution in [0.25, 0.3) is 11.5 Å². The first-order chi connectivity index (χ1) is 11.6. The summed E-state index contributed by atoms with van der Waals surface area (Å²) in [6.45, 7) is 0.256. The van der Waals surface area contributed by atoms with Crippen LogP contribution < -0.4 is 10.1 Å². The molecule has 0 radical (unpaired) electrons. The van der Waals surface area contributed by atoms with Gasteiger partial charge in [0.05, 0.1) is 19.2 Å². The Morgan fingerprint density at radius 3 is 2.88 bits per heavy atom. The lowest BCUT2D eigenvalue weighted by atomic mass is 10.2. The average Bonchev–Trinajstić information content (AvgIpc) is 3.21. The summed E-state index contributed by atoms with van der Waals surface area (Å²) in [7, 11) is 3.34. The minimum atomic E-state index is -0.284. The molecule has 0 aliphatic heterocycles. The summed E-state index contributed by atoms with van der Waals surface area (Å²) in [5.74, 6) is 1.51. The number of ether oxygens (including phenoxy) is 1. The fourth-order valence-electron chi connectivity index (χ4n) is 2.35. The molecule has 3 aromatic rings. The quantitative estimate of drug-likeness (QED) is 0.770. The van der Waals surface area contributed by atoms with E-state index in [9.17, 15) is 4.79 Å². The van der Waals surface area contributed by atoms with E-state index in [4.69, 9.17) is 20.8 Å². The topological polar surface area (TPSA) is 69.3 Å². The van der Waals surface area contributed by atoms with Crippen LogP contribution in [0.4, 0.5) is 0 Å². The van der Waals surface area contributed by atoms with Crippen LogP contribution in [-0.2, 0) is 13.6 Å². The predicted molar refractivity (Wildman–Crippen MR) is 90.1 cm³/mol. The van der Waals surface area contributed by atoms with Gasteiger partial charge in [-0.1, -0.05) is 11.6 Å². The number of aryl methyl sites for hydroxylation is 1. The monoisotopic (exact) mass is 345 g/mol. The van der Waals surface area contributed by atoms with Crippen molar-refractivity contribution >= 4 is 17.5 Å². The number of amides is 1. The third-order valence-electron chi connectivity index (χ3n) is 3.56. The van der Waals surface area contributed by atoms with Gasteiger partial charge >= 0.3 is 0 Å². The second-order valence-corrected chi connectivity index (χ2v) is 5.57. The van der Waals surface area contributed by atoms with Gasteiger partial charge in [0.15, 0.2) is 5.76 Å². The Hall–Kier alpha value is -2.73. The fraction of sp³-hybridized carbons (Fsp3) is 0.176. The van der Waals surface area contributed by atoms with Crippen molar-refractivity contribution in [1.29, 1.82) is 0 Å². The minimum absolute atomic E-state index is 0.256. The van der Waals surface area contributed by atoms with Crippen LogP contribution in [0.3, 0.4) is 0 Å². The molecule has 3 rings (SSSR count). The van der Waals surface area contributed by atoms with E-state index >= 15 is 0 Å². The van der Waals surface area contributed by atoms with Crippen LogP contribution in [0.15, 0.2) is 47.0 Å². The van der Waals surface area contributed by atoms with E-state index in [1.807, 2.05) is 25.2 Å². The lowest BCUT2D eigenvalue weighted by molar-refractivity contribution is 0.0945. The van der Waals surface area contributed by atoms with Crippen LogP contribution in [0.1, 0.15) is 16.1 Å². The Bertz CT molecular complexity index is 870. The molecule has 124 valence electrons. The number of methoxy groups -OCH3 is 1. The highest BCUT2D eigenvalue weighted by molar-refractivity contribution is 6.31. The van der Waals surface area contributed by atoms with Crippen LogP contribution in [0.2, 0.25) is 5.02 Å². The van der Waals surface area contributed by atoms with Gasteiger partial charge in [0.1, 0.15) is 17.2 Å². The van der Waals surface area contributed by atoms with Gasteiger partial charge in [0.2, 0.25) is 0 Å². The van der Waals surface area contributed by atoms with E-state index in [0.29, 0.717) is 27.9 Å². The molecular weight excluding hydrogens is 330 g/mol. The minimum Gasteiger partial charge on any atom is -0.496 e. The SMILES string of the molecule is COc1ccc(Cl)cc1C(=O)NCc1ccc(-c2ccnn2C)o1. The second-order valence-electron chi connectivity index (χ2n) is 5.13. The van der Waals surface area contributed by atoms with E-state index in [-0.39, 0.29) is 12.5 Å². The molecule has 6 nitrogen and oxygen atoms in total. The zero-order valence-corrected chi connectivity index (χ0v) is 14.0. The number of halogens is 1. The standard InChI is InChI=1S/C17H16ClN3O3/c1-21-14(7-8-20-21)16-6-4-12(24-16)10-19-17(22)13-9-11(18)3-5-15(13)23-2/h3-9H,10H2,1-2H3,(H,19,22). The molecule has 0 bridgehead atoms. The van der Waals surface area contributed by atoms with Crippen LogP contribution in [0, 0.1) is 0 Å². The number of hydrogen-bond acceptors (Lipinski definition) is 4. The molecule has 2 heterocycles. The number of nitrogens with one attached hydrogen (secondary N) is 1. The van der Waals surface area contributed by atoms with Gasteiger partial charge in [-0.05, 0) is 36.4 Å². The summed E-state index contributed by atoms with van der Waals surface area (Å²) in [6.07, 6.45) is 1.70. The molecule has 1 aromatic carbocycles. The normalized spacial score (nSPS) is 10.6. The number of nitrogens with zero attached hydrogens (tertiary/aromatic N) is 2. The maximum Gasteiger partial charge on any atom is 0.255 e. The van der Waals surface area contributed by atoms with E-state index in [1.165, 1.54) is 7.11 Å². The van der Waals surface area contributed by atoms with Crippen molar-refractivity contribution in [3.63, 3.8) is 0 Å². The first-order valence-corrected chi connectivity index (χ1v) is 7.65. The molecule has 24 heavy (non-hydrogen) atoms. The first kappa shape index (κ1) is 16.1. The Morgan fingerprint density at radius 2 is 2.17 bits per heavy atom. The highest BCUT2D eigenvalue weighted by Gasteiger charge is 2.14. The van der Waals surface area contributed by atoms with E-state index in [1.54, 1.807) is 29.1 Å². The van der Waals surface area contributed by atoms with Gasteiger partial charge in [-0.3, -0.25) is 9.48 Å². The Kier molecular flexibility index (Phi) is 4.57. The van der Waals surface area contributed by atoms with Gasteiger partial charge in [-0.2, -0.15) is 5.10 Å². The number of furan rings is 1. The van der Waals surface area contributed by atoms with Gasteiger partial charge in [0, 0.05) is 18.3 Å². The number of carbonyl (C=O) groups is 1. The highest BCUT2D eigenvalue weighted by Crippen LogP contribution is 2.23. The van der Waals surface area contributed by atoms with Gasteiger partial charge in [-0.25, -0.2) is 0 Å². The molecule has 0 spiro atoms. The molecule has 0 aliphatic carbocycles.